The Morgan fingerprint density at radius 2 is 1.52 bits per heavy atom. The zero-order chi connectivity index (χ0) is 19.6. The van der Waals surface area contributed by atoms with Crippen LogP contribution in [0.5, 0.6) is 11.8 Å². The van der Waals surface area contributed by atoms with Gasteiger partial charge in [-0.05, 0) is 42.5 Å². The van der Waals surface area contributed by atoms with E-state index >= 15 is 0 Å². The van der Waals surface area contributed by atoms with Crippen molar-refractivity contribution in [2.24, 2.45) is 4.99 Å². The van der Waals surface area contributed by atoms with Gasteiger partial charge in [-0.2, -0.15) is 0 Å². The number of halogens is 1. The average Bonchev–Trinajstić information content (AvgIpc) is 2.75. The number of fused-ring (bicyclic) bond motifs is 1. The van der Waals surface area contributed by atoms with E-state index in [-0.39, 0.29) is 6.01 Å². The lowest BCUT2D eigenvalue weighted by atomic mass is 10.1. The smallest absolute Gasteiger partial charge is 0.321 e. The molecular weight excluding hydrogens is 390 g/mol. The summed E-state index contributed by atoms with van der Waals surface area (Å²) in [6.07, 6.45) is 8.25. The monoisotopic (exact) mass is 401 g/mol. The molecule has 1 aromatic carbocycles. The number of aromatic nitrogens is 5. The van der Waals surface area contributed by atoms with Gasteiger partial charge in [0.05, 0.1) is 16.4 Å². The molecule has 5 rings (SSSR count). The van der Waals surface area contributed by atoms with Crippen LogP contribution < -0.4 is 9.64 Å². The van der Waals surface area contributed by atoms with Crippen molar-refractivity contribution in [3.05, 3.63) is 84.2 Å². The Morgan fingerprint density at radius 1 is 0.793 bits per heavy atom. The molecule has 1 aliphatic rings. The number of pyridine rings is 1. The molecule has 29 heavy (non-hydrogen) atoms. The average molecular weight is 402 g/mol. The number of amidine groups is 1. The summed E-state index contributed by atoms with van der Waals surface area (Å²) in [5.41, 5.74) is 2.31. The zero-order valence-electron chi connectivity index (χ0n) is 14.8. The van der Waals surface area contributed by atoms with Gasteiger partial charge in [-0.25, -0.2) is 24.9 Å². The molecule has 0 amide bonds. The number of nitrogens with zero attached hydrogens (tertiary/aromatic N) is 7. The molecule has 1 aliphatic heterocycles. The van der Waals surface area contributed by atoms with Crippen LogP contribution in [0.1, 0.15) is 5.69 Å². The van der Waals surface area contributed by atoms with E-state index in [4.69, 9.17) is 16.3 Å². The number of ether oxygens (including phenoxy) is 1. The van der Waals surface area contributed by atoms with E-state index in [0.29, 0.717) is 22.6 Å². The Morgan fingerprint density at radius 3 is 2.24 bits per heavy atom. The molecule has 0 unspecified atom stereocenters. The Balaban J connectivity index is 1.53. The molecule has 9 heteroatoms. The Labute approximate surface area is 170 Å². The molecule has 4 heterocycles. The summed E-state index contributed by atoms with van der Waals surface area (Å²) in [6, 6.07) is 12.7. The highest BCUT2D eigenvalue weighted by Crippen LogP contribution is 2.38. The molecule has 0 bridgehead atoms. The minimum Gasteiger partial charge on any atom is -0.423 e. The van der Waals surface area contributed by atoms with E-state index in [2.05, 4.69) is 29.9 Å². The van der Waals surface area contributed by atoms with Gasteiger partial charge >= 0.3 is 6.01 Å². The first-order valence-electron chi connectivity index (χ1n) is 8.65. The Hall–Kier alpha value is -3.91. The standard InChI is InChI=1S/C20H12ClN7O/c21-14-12-13(5-6-16(14)29-20-25-10-3-11-26-20)28(19-23-8-2-9-24-19)18-17-15(27-18)4-1-7-22-17/h1-12H. The predicted octanol–water partition coefficient (Wildman–Crippen LogP) is 4.34. The van der Waals surface area contributed by atoms with Gasteiger partial charge in [0.2, 0.25) is 5.95 Å². The van der Waals surface area contributed by atoms with E-state index in [0.717, 1.165) is 17.1 Å². The highest BCUT2D eigenvalue weighted by molar-refractivity contribution is 6.32. The van der Waals surface area contributed by atoms with Crippen LogP contribution in [-0.4, -0.2) is 30.8 Å². The molecular formula is C20H12ClN7O. The van der Waals surface area contributed by atoms with Gasteiger partial charge in [-0.1, -0.05) is 11.6 Å². The maximum atomic E-state index is 6.47. The van der Waals surface area contributed by atoms with Crippen LogP contribution in [0.3, 0.4) is 0 Å². The maximum Gasteiger partial charge on any atom is 0.321 e. The first kappa shape index (κ1) is 17.2. The first-order chi connectivity index (χ1) is 14.3. The topological polar surface area (TPSA) is 89.3 Å². The van der Waals surface area contributed by atoms with Gasteiger partial charge in [0.1, 0.15) is 11.4 Å². The van der Waals surface area contributed by atoms with E-state index in [1.807, 2.05) is 18.2 Å². The van der Waals surface area contributed by atoms with Gasteiger partial charge < -0.3 is 4.74 Å². The second kappa shape index (κ2) is 7.25. The highest BCUT2D eigenvalue weighted by Gasteiger charge is 2.29. The summed E-state index contributed by atoms with van der Waals surface area (Å²) in [5, 5.41) is 0.386. The van der Waals surface area contributed by atoms with Crippen LogP contribution in [0.4, 0.5) is 17.3 Å². The summed E-state index contributed by atoms with van der Waals surface area (Å²) in [6.45, 7) is 0. The van der Waals surface area contributed by atoms with Gasteiger partial charge in [0.15, 0.2) is 5.84 Å². The molecule has 3 aromatic heterocycles. The molecule has 4 aromatic rings. The lowest BCUT2D eigenvalue weighted by Gasteiger charge is -2.28. The largest absolute Gasteiger partial charge is 0.423 e. The third-order valence-corrected chi connectivity index (χ3v) is 4.40. The van der Waals surface area contributed by atoms with Gasteiger partial charge in [-0.15, -0.1) is 0 Å². The number of aliphatic imine (C=N–C) groups is 1. The van der Waals surface area contributed by atoms with Crippen LogP contribution in [0.25, 0.3) is 0 Å². The van der Waals surface area contributed by atoms with Crippen molar-refractivity contribution in [3.63, 3.8) is 0 Å². The van der Waals surface area contributed by atoms with E-state index in [1.54, 1.807) is 60.1 Å². The van der Waals surface area contributed by atoms with Gasteiger partial charge in [0.25, 0.3) is 0 Å². The van der Waals surface area contributed by atoms with Crippen molar-refractivity contribution in [2.45, 2.75) is 0 Å². The molecule has 0 fully saturated rings. The predicted molar refractivity (Wildman–Crippen MR) is 108 cm³/mol. The molecule has 0 radical (unpaired) electrons. The van der Waals surface area contributed by atoms with Crippen LogP contribution in [0.2, 0.25) is 5.02 Å². The van der Waals surface area contributed by atoms with E-state index < -0.39 is 0 Å². The maximum absolute atomic E-state index is 6.47. The molecule has 0 saturated carbocycles. The Kier molecular flexibility index (Phi) is 4.30. The second-order valence-electron chi connectivity index (χ2n) is 5.94. The van der Waals surface area contributed by atoms with Gasteiger partial charge in [-0.3, -0.25) is 9.88 Å². The fourth-order valence-corrected chi connectivity index (χ4v) is 3.03. The number of rotatable bonds is 4. The van der Waals surface area contributed by atoms with Crippen molar-refractivity contribution in [1.29, 1.82) is 0 Å². The third kappa shape index (κ3) is 3.26. The zero-order valence-corrected chi connectivity index (χ0v) is 15.6. The highest BCUT2D eigenvalue weighted by atomic mass is 35.5. The quantitative estimate of drug-likeness (QED) is 0.502. The van der Waals surface area contributed by atoms with Crippen LogP contribution >= 0.6 is 11.6 Å². The minimum atomic E-state index is 0.215. The fourth-order valence-electron chi connectivity index (χ4n) is 2.82. The van der Waals surface area contributed by atoms with Crippen LogP contribution in [-0.2, 0) is 0 Å². The van der Waals surface area contributed by atoms with Crippen molar-refractivity contribution in [3.8, 4) is 11.8 Å². The minimum absolute atomic E-state index is 0.215. The summed E-state index contributed by atoms with van der Waals surface area (Å²) < 4.78 is 5.66. The van der Waals surface area contributed by atoms with E-state index in [9.17, 15) is 0 Å². The molecule has 0 N–H and O–H groups in total. The summed E-state index contributed by atoms with van der Waals surface area (Å²) >= 11 is 6.47. The number of hydrogen-bond donors (Lipinski definition) is 0. The van der Waals surface area contributed by atoms with Crippen molar-refractivity contribution < 1.29 is 4.74 Å². The van der Waals surface area contributed by atoms with Crippen molar-refractivity contribution in [1.82, 2.24) is 24.9 Å². The molecule has 140 valence electrons. The van der Waals surface area contributed by atoms with Crippen molar-refractivity contribution >= 4 is 34.8 Å². The lowest BCUT2D eigenvalue weighted by Crippen LogP contribution is -2.32. The normalized spacial score (nSPS) is 11.8. The fraction of sp³-hybridized carbons (Fsp3) is 0. The second-order valence-corrected chi connectivity index (χ2v) is 6.35. The Bertz CT molecular complexity index is 1200. The third-order valence-electron chi connectivity index (χ3n) is 4.11. The SMILES string of the molecule is Clc1cc(N(C2=Nc3cccnc32)c2ncccn2)ccc1Oc1ncccn1. The summed E-state index contributed by atoms with van der Waals surface area (Å²) in [4.78, 5) is 27.6. The number of anilines is 2. The van der Waals surface area contributed by atoms with Crippen LogP contribution in [0.15, 0.2) is 78.4 Å². The molecule has 0 spiro atoms. The van der Waals surface area contributed by atoms with Crippen molar-refractivity contribution in [2.75, 3.05) is 4.90 Å². The van der Waals surface area contributed by atoms with Crippen LogP contribution in [0, 0.1) is 0 Å². The number of hydrogen-bond acceptors (Lipinski definition) is 8. The summed E-state index contributed by atoms with van der Waals surface area (Å²) in [7, 11) is 0. The van der Waals surface area contributed by atoms with E-state index in [1.165, 1.54) is 0 Å². The lowest BCUT2D eigenvalue weighted by molar-refractivity contribution is 0.442. The molecule has 8 nitrogen and oxygen atoms in total. The molecule has 0 atom stereocenters. The van der Waals surface area contributed by atoms with Gasteiger partial charge in [0, 0.05) is 31.0 Å². The molecule has 0 aliphatic carbocycles. The summed E-state index contributed by atoms with van der Waals surface area (Å²) in [5.74, 6) is 1.53. The number of benzene rings is 1. The first-order valence-corrected chi connectivity index (χ1v) is 9.03. The molecule has 0 saturated heterocycles.